The first-order valence-corrected chi connectivity index (χ1v) is 5.59. The molecule has 0 saturated carbocycles. The highest BCUT2D eigenvalue weighted by Gasteiger charge is 2.13. The zero-order valence-corrected chi connectivity index (χ0v) is 10.2. The van der Waals surface area contributed by atoms with Crippen LogP contribution in [-0.4, -0.2) is 21.3 Å². The monoisotopic (exact) mass is 268 g/mol. The molecule has 4 nitrogen and oxygen atoms in total. The molecule has 94 valence electrons. The van der Waals surface area contributed by atoms with Crippen molar-refractivity contribution in [2.75, 3.05) is 0 Å². The summed E-state index contributed by atoms with van der Waals surface area (Å²) >= 11 is 6.03. The number of hydrogen-bond donors (Lipinski definition) is 2. The topological polar surface area (TPSA) is 66.0 Å². The molecular formula is C12H10ClFN2O2. The second-order valence-corrected chi connectivity index (χ2v) is 4.23. The van der Waals surface area contributed by atoms with Gasteiger partial charge in [-0.15, -0.1) is 0 Å². The number of carboxylic acids is 1. The summed E-state index contributed by atoms with van der Waals surface area (Å²) in [7, 11) is 0. The van der Waals surface area contributed by atoms with E-state index in [-0.39, 0.29) is 5.69 Å². The average molecular weight is 269 g/mol. The van der Waals surface area contributed by atoms with Crippen molar-refractivity contribution in [2.24, 2.45) is 0 Å². The fourth-order valence-electron chi connectivity index (χ4n) is 1.56. The van der Waals surface area contributed by atoms with E-state index in [1.807, 2.05) is 0 Å². The van der Waals surface area contributed by atoms with Gasteiger partial charge in [-0.05, 0) is 24.6 Å². The second-order valence-electron chi connectivity index (χ2n) is 3.83. The lowest BCUT2D eigenvalue weighted by atomic mass is 10.1. The van der Waals surface area contributed by atoms with Crippen molar-refractivity contribution in [3.63, 3.8) is 0 Å². The zero-order valence-electron chi connectivity index (χ0n) is 9.45. The Kier molecular flexibility index (Phi) is 3.34. The van der Waals surface area contributed by atoms with Crippen LogP contribution in [0.3, 0.4) is 0 Å². The number of nitrogens with zero attached hydrogens (tertiary/aromatic N) is 1. The average Bonchev–Trinajstić information content (AvgIpc) is 2.78. The summed E-state index contributed by atoms with van der Waals surface area (Å²) in [6, 6.07) is 6.11. The van der Waals surface area contributed by atoms with Crippen LogP contribution in [0.4, 0.5) is 4.39 Å². The van der Waals surface area contributed by atoms with Crippen LogP contribution < -0.4 is 0 Å². The number of alkyl halides is 1. The Labute approximate surface area is 107 Å². The SMILES string of the molecule is CC(F)c1ccc(-c2cc(C(=O)O)[nH]n2)c(Cl)c1. The molecule has 2 rings (SSSR count). The van der Waals surface area contributed by atoms with Gasteiger partial charge in [0.15, 0.2) is 0 Å². The molecule has 0 aliphatic rings. The quantitative estimate of drug-likeness (QED) is 0.896. The molecule has 0 radical (unpaired) electrons. The molecule has 1 aromatic heterocycles. The number of halogens is 2. The predicted molar refractivity (Wildman–Crippen MR) is 65.5 cm³/mol. The lowest BCUT2D eigenvalue weighted by molar-refractivity contribution is 0.0690. The lowest BCUT2D eigenvalue weighted by Gasteiger charge is -2.05. The molecule has 2 N–H and O–H groups in total. The minimum atomic E-state index is -1.11. The van der Waals surface area contributed by atoms with E-state index in [1.165, 1.54) is 19.1 Å². The summed E-state index contributed by atoms with van der Waals surface area (Å²) < 4.78 is 13.1. The summed E-state index contributed by atoms with van der Waals surface area (Å²) in [5, 5.41) is 15.4. The van der Waals surface area contributed by atoms with E-state index in [0.29, 0.717) is 21.8 Å². The molecule has 0 aliphatic heterocycles. The van der Waals surface area contributed by atoms with Crippen LogP contribution in [-0.2, 0) is 0 Å². The van der Waals surface area contributed by atoms with E-state index in [9.17, 15) is 9.18 Å². The molecule has 1 unspecified atom stereocenters. The number of aromatic amines is 1. The molecule has 0 amide bonds. The van der Waals surface area contributed by atoms with Gasteiger partial charge in [0.1, 0.15) is 11.9 Å². The van der Waals surface area contributed by atoms with Crippen molar-refractivity contribution >= 4 is 17.6 Å². The first-order valence-electron chi connectivity index (χ1n) is 5.21. The molecule has 1 atom stereocenters. The molecule has 0 aliphatic carbocycles. The Balaban J connectivity index is 2.41. The highest BCUT2D eigenvalue weighted by atomic mass is 35.5. The van der Waals surface area contributed by atoms with E-state index in [4.69, 9.17) is 16.7 Å². The Bertz CT molecular complexity index is 596. The Morgan fingerprint density at radius 3 is 2.72 bits per heavy atom. The molecule has 0 fully saturated rings. The maximum atomic E-state index is 13.1. The number of carbonyl (C=O) groups is 1. The minimum absolute atomic E-state index is 0.0241. The third-order valence-electron chi connectivity index (χ3n) is 2.54. The van der Waals surface area contributed by atoms with Gasteiger partial charge >= 0.3 is 5.97 Å². The number of H-pyrrole nitrogens is 1. The summed E-state index contributed by atoms with van der Waals surface area (Å²) in [5.41, 5.74) is 1.42. The fraction of sp³-hybridized carbons (Fsp3) is 0.167. The second kappa shape index (κ2) is 4.78. The van der Waals surface area contributed by atoms with Gasteiger partial charge in [0, 0.05) is 5.56 Å². The number of aromatic carboxylic acids is 1. The number of nitrogens with one attached hydrogen (secondary N) is 1. The van der Waals surface area contributed by atoms with Crippen LogP contribution in [0.25, 0.3) is 11.3 Å². The van der Waals surface area contributed by atoms with E-state index in [0.717, 1.165) is 0 Å². The molecule has 1 aromatic carbocycles. The van der Waals surface area contributed by atoms with Crippen LogP contribution >= 0.6 is 11.6 Å². The van der Waals surface area contributed by atoms with Gasteiger partial charge in [0.2, 0.25) is 0 Å². The molecule has 6 heteroatoms. The first kappa shape index (κ1) is 12.6. The molecule has 0 bridgehead atoms. The zero-order chi connectivity index (χ0) is 13.3. The van der Waals surface area contributed by atoms with Gasteiger partial charge in [-0.3, -0.25) is 5.10 Å². The van der Waals surface area contributed by atoms with Gasteiger partial charge in [-0.2, -0.15) is 5.10 Å². The fourth-order valence-corrected chi connectivity index (χ4v) is 1.84. The summed E-state index contributed by atoms with van der Waals surface area (Å²) in [4.78, 5) is 10.7. The molecule has 0 spiro atoms. The van der Waals surface area contributed by atoms with Gasteiger partial charge in [-0.1, -0.05) is 23.7 Å². The molecule has 18 heavy (non-hydrogen) atoms. The Morgan fingerprint density at radius 1 is 1.50 bits per heavy atom. The molecule has 2 aromatic rings. The van der Waals surface area contributed by atoms with Gasteiger partial charge in [0.25, 0.3) is 0 Å². The predicted octanol–water partition coefficient (Wildman–Crippen LogP) is 3.46. The van der Waals surface area contributed by atoms with Gasteiger partial charge in [-0.25, -0.2) is 9.18 Å². The maximum Gasteiger partial charge on any atom is 0.353 e. The number of aromatic nitrogens is 2. The van der Waals surface area contributed by atoms with Crippen LogP contribution in [0.2, 0.25) is 5.02 Å². The van der Waals surface area contributed by atoms with Crippen molar-refractivity contribution in [3.8, 4) is 11.3 Å². The summed E-state index contributed by atoms with van der Waals surface area (Å²) in [6.45, 7) is 1.42. The van der Waals surface area contributed by atoms with Crippen molar-refractivity contribution in [1.29, 1.82) is 0 Å². The largest absolute Gasteiger partial charge is 0.477 e. The molecular weight excluding hydrogens is 259 g/mol. The van der Waals surface area contributed by atoms with E-state index in [1.54, 1.807) is 12.1 Å². The van der Waals surface area contributed by atoms with Crippen LogP contribution in [0.15, 0.2) is 24.3 Å². The van der Waals surface area contributed by atoms with Crippen LogP contribution in [0.5, 0.6) is 0 Å². The number of carboxylic acid groups (broad SMARTS) is 1. The van der Waals surface area contributed by atoms with Crippen molar-refractivity contribution < 1.29 is 14.3 Å². The van der Waals surface area contributed by atoms with Crippen molar-refractivity contribution in [3.05, 3.63) is 40.5 Å². The first-order chi connectivity index (χ1) is 8.49. The summed E-state index contributed by atoms with van der Waals surface area (Å²) in [5.74, 6) is -1.10. The third kappa shape index (κ3) is 2.36. The number of rotatable bonds is 3. The van der Waals surface area contributed by atoms with Gasteiger partial charge in [0.05, 0.1) is 10.7 Å². The standard InChI is InChI=1S/C12H10ClFN2O2/c1-6(14)7-2-3-8(9(13)4-7)10-5-11(12(17)18)16-15-10/h2-6H,1H3,(H,15,16)(H,17,18). The van der Waals surface area contributed by atoms with Crippen LogP contribution in [0, 0.1) is 0 Å². The lowest BCUT2D eigenvalue weighted by Crippen LogP contribution is -1.95. The molecule has 0 saturated heterocycles. The van der Waals surface area contributed by atoms with Crippen LogP contribution in [0.1, 0.15) is 29.1 Å². The van der Waals surface area contributed by atoms with E-state index < -0.39 is 12.1 Å². The van der Waals surface area contributed by atoms with E-state index in [2.05, 4.69) is 10.2 Å². The van der Waals surface area contributed by atoms with Crippen molar-refractivity contribution in [2.45, 2.75) is 13.1 Å². The minimum Gasteiger partial charge on any atom is -0.477 e. The molecule has 1 heterocycles. The smallest absolute Gasteiger partial charge is 0.353 e. The maximum absolute atomic E-state index is 13.1. The van der Waals surface area contributed by atoms with E-state index >= 15 is 0 Å². The normalized spacial score (nSPS) is 12.4. The Morgan fingerprint density at radius 2 is 2.22 bits per heavy atom. The highest BCUT2D eigenvalue weighted by Crippen LogP contribution is 2.30. The highest BCUT2D eigenvalue weighted by molar-refractivity contribution is 6.33. The Hall–Kier alpha value is -1.88. The van der Waals surface area contributed by atoms with Crippen molar-refractivity contribution in [1.82, 2.24) is 10.2 Å². The van der Waals surface area contributed by atoms with Gasteiger partial charge < -0.3 is 5.11 Å². The third-order valence-corrected chi connectivity index (χ3v) is 2.85. The number of benzene rings is 1. The number of hydrogen-bond acceptors (Lipinski definition) is 2. The summed E-state index contributed by atoms with van der Waals surface area (Å²) in [6.07, 6.45) is -1.11.